The second-order valence-electron chi connectivity index (χ2n) is 6.76. The molecule has 1 aromatic heterocycles. The SMILES string of the molecule is CCNC(=NCCc1nc(CC)c(C)s1)N1CCC(CC(=O)NC)CC1.I. The molecular weight excluding hydrogens is 473 g/mol. The Labute approximate surface area is 184 Å². The fourth-order valence-corrected chi connectivity index (χ4v) is 4.33. The molecule has 0 bridgehead atoms. The number of aryl methyl sites for hydroxylation is 2. The summed E-state index contributed by atoms with van der Waals surface area (Å²) in [5.74, 6) is 1.63. The Hall–Kier alpha value is -0.900. The van der Waals surface area contributed by atoms with Crippen LogP contribution in [0.4, 0.5) is 0 Å². The van der Waals surface area contributed by atoms with Crippen molar-refractivity contribution in [3.63, 3.8) is 0 Å². The van der Waals surface area contributed by atoms with E-state index in [1.807, 2.05) is 0 Å². The van der Waals surface area contributed by atoms with Crippen molar-refractivity contribution in [2.75, 3.05) is 33.2 Å². The van der Waals surface area contributed by atoms with Crippen LogP contribution in [0.2, 0.25) is 0 Å². The Morgan fingerprint density at radius 2 is 2.04 bits per heavy atom. The van der Waals surface area contributed by atoms with Crippen molar-refractivity contribution in [1.29, 1.82) is 0 Å². The first-order valence-electron chi connectivity index (χ1n) is 9.76. The molecule has 0 unspecified atom stereocenters. The number of amides is 1. The Bertz CT molecular complexity index is 611. The smallest absolute Gasteiger partial charge is 0.220 e. The first-order chi connectivity index (χ1) is 12.6. The molecule has 0 saturated carbocycles. The van der Waals surface area contributed by atoms with E-state index in [9.17, 15) is 4.79 Å². The number of rotatable bonds is 7. The molecule has 2 heterocycles. The van der Waals surface area contributed by atoms with Gasteiger partial charge in [0.2, 0.25) is 5.91 Å². The van der Waals surface area contributed by atoms with Gasteiger partial charge in [-0.25, -0.2) is 4.98 Å². The lowest BCUT2D eigenvalue weighted by molar-refractivity contribution is -0.121. The van der Waals surface area contributed by atoms with Gasteiger partial charge in [-0.2, -0.15) is 0 Å². The maximum atomic E-state index is 11.6. The van der Waals surface area contributed by atoms with Gasteiger partial charge in [0, 0.05) is 50.9 Å². The second-order valence-corrected chi connectivity index (χ2v) is 8.05. The van der Waals surface area contributed by atoms with Gasteiger partial charge < -0.3 is 15.5 Å². The number of carbonyl (C=O) groups excluding carboxylic acids is 1. The minimum absolute atomic E-state index is 0. The van der Waals surface area contributed by atoms with Crippen LogP contribution >= 0.6 is 35.3 Å². The van der Waals surface area contributed by atoms with E-state index in [0.29, 0.717) is 12.3 Å². The minimum Gasteiger partial charge on any atom is -0.359 e. The number of hydrogen-bond acceptors (Lipinski definition) is 4. The van der Waals surface area contributed by atoms with E-state index in [1.54, 1.807) is 18.4 Å². The molecule has 0 aromatic carbocycles. The van der Waals surface area contributed by atoms with Crippen LogP contribution < -0.4 is 10.6 Å². The van der Waals surface area contributed by atoms with E-state index >= 15 is 0 Å². The maximum Gasteiger partial charge on any atom is 0.220 e. The van der Waals surface area contributed by atoms with Crippen molar-refractivity contribution >= 4 is 47.2 Å². The maximum absolute atomic E-state index is 11.6. The highest BCUT2D eigenvalue weighted by Gasteiger charge is 2.23. The molecule has 0 spiro atoms. The summed E-state index contributed by atoms with van der Waals surface area (Å²) in [6, 6.07) is 0. The second kappa shape index (κ2) is 12.5. The number of aliphatic imine (C=N–C) groups is 1. The highest BCUT2D eigenvalue weighted by atomic mass is 127. The average molecular weight is 507 g/mol. The third-order valence-electron chi connectivity index (χ3n) is 4.86. The normalized spacial score (nSPS) is 15.4. The van der Waals surface area contributed by atoms with Gasteiger partial charge in [-0.05, 0) is 39.0 Å². The number of hydrogen-bond donors (Lipinski definition) is 2. The molecule has 1 aliphatic rings. The third-order valence-corrected chi connectivity index (χ3v) is 5.93. The van der Waals surface area contributed by atoms with E-state index in [0.717, 1.165) is 57.8 Å². The fourth-order valence-electron chi connectivity index (χ4n) is 3.32. The Balaban J connectivity index is 0.00000364. The highest BCUT2D eigenvalue weighted by molar-refractivity contribution is 14.0. The first-order valence-corrected chi connectivity index (χ1v) is 10.6. The third kappa shape index (κ3) is 7.56. The quantitative estimate of drug-likeness (QED) is 0.338. The number of piperidine rings is 1. The Kier molecular flexibility index (Phi) is 11.2. The van der Waals surface area contributed by atoms with Crippen LogP contribution in [-0.2, 0) is 17.6 Å². The summed E-state index contributed by atoms with van der Waals surface area (Å²) >= 11 is 1.80. The number of carbonyl (C=O) groups is 1. The number of likely N-dealkylation sites (tertiary alicyclic amines) is 1. The van der Waals surface area contributed by atoms with E-state index < -0.39 is 0 Å². The highest BCUT2D eigenvalue weighted by Crippen LogP contribution is 2.21. The molecule has 0 radical (unpaired) electrons. The molecule has 2 N–H and O–H groups in total. The number of thiazole rings is 1. The lowest BCUT2D eigenvalue weighted by atomic mass is 9.93. The van der Waals surface area contributed by atoms with Crippen molar-refractivity contribution in [3.8, 4) is 0 Å². The van der Waals surface area contributed by atoms with E-state index in [4.69, 9.17) is 9.98 Å². The van der Waals surface area contributed by atoms with Gasteiger partial charge in [0.25, 0.3) is 0 Å². The standard InChI is InChI=1S/C19H33N5OS.HI/c1-5-16-14(3)26-18(23-16)7-10-22-19(21-6-2)24-11-8-15(9-12-24)13-17(25)20-4;/h15H,5-13H2,1-4H3,(H,20,25)(H,21,22);1H. The van der Waals surface area contributed by atoms with Gasteiger partial charge in [-0.15, -0.1) is 35.3 Å². The average Bonchev–Trinajstić information content (AvgIpc) is 3.01. The van der Waals surface area contributed by atoms with Crippen LogP contribution in [0.15, 0.2) is 4.99 Å². The van der Waals surface area contributed by atoms with E-state index in [2.05, 4.69) is 36.3 Å². The largest absolute Gasteiger partial charge is 0.359 e. The predicted molar refractivity (Wildman–Crippen MR) is 124 cm³/mol. The van der Waals surface area contributed by atoms with Gasteiger partial charge >= 0.3 is 0 Å². The summed E-state index contributed by atoms with van der Waals surface area (Å²) in [4.78, 5) is 24.7. The van der Waals surface area contributed by atoms with E-state index in [1.165, 1.54) is 15.6 Å². The molecule has 0 atom stereocenters. The zero-order chi connectivity index (χ0) is 18.9. The number of halogens is 1. The van der Waals surface area contributed by atoms with Gasteiger partial charge in [-0.3, -0.25) is 9.79 Å². The van der Waals surface area contributed by atoms with Crippen LogP contribution in [0.3, 0.4) is 0 Å². The van der Waals surface area contributed by atoms with Crippen LogP contribution in [0.25, 0.3) is 0 Å². The molecule has 1 aromatic rings. The topological polar surface area (TPSA) is 69.6 Å². The summed E-state index contributed by atoms with van der Waals surface area (Å²) in [5.41, 5.74) is 1.22. The molecule has 6 nitrogen and oxygen atoms in total. The molecule has 2 rings (SSSR count). The summed E-state index contributed by atoms with van der Waals surface area (Å²) in [7, 11) is 1.71. The van der Waals surface area contributed by atoms with Crippen molar-refractivity contribution in [2.45, 2.75) is 52.9 Å². The number of guanidine groups is 1. The lowest BCUT2D eigenvalue weighted by Gasteiger charge is -2.34. The van der Waals surface area contributed by atoms with Crippen molar-refractivity contribution in [3.05, 3.63) is 15.6 Å². The fraction of sp³-hybridized carbons (Fsp3) is 0.737. The zero-order valence-electron chi connectivity index (χ0n) is 17.0. The summed E-state index contributed by atoms with van der Waals surface area (Å²) < 4.78 is 0. The van der Waals surface area contributed by atoms with E-state index in [-0.39, 0.29) is 29.9 Å². The summed E-state index contributed by atoms with van der Waals surface area (Å²) in [5, 5.41) is 7.32. The molecular formula is C19H34IN5OS. The van der Waals surface area contributed by atoms with Crippen LogP contribution in [-0.4, -0.2) is 55.0 Å². The van der Waals surface area contributed by atoms with Crippen LogP contribution in [0.1, 0.15) is 48.7 Å². The first kappa shape index (κ1) is 24.1. The number of nitrogens with zero attached hydrogens (tertiary/aromatic N) is 3. The molecule has 27 heavy (non-hydrogen) atoms. The van der Waals surface area contributed by atoms with Gasteiger partial charge in [0.1, 0.15) is 0 Å². The molecule has 1 aliphatic heterocycles. The van der Waals surface area contributed by atoms with Crippen molar-refractivity contribution in [1.82, 2.24) is 20.5 Å². The van der Waals surface area contributed by atoms with Crippen molar-refractivity contribution in [2.24, 2.45) is 10.9 Å². The van der Waals surface area contributed by atoms with Gasteiger partial charge in [0.05, 0.1) is 10.7 Å². The molecule has 1 fully saturated rings. The summed E-state index contributed by atoms with van der Waals surface area (Å²) in [6.07, 6.45) is 4.63. The zero-order valence-corrected chi connectivity index (χ0v) is 20.2. The van der Waals surface area contributed by atoms with Gasteiger partial charge in [0.15, 0.2) is 5.96 Å². The lowest BCUT2D eigenvalue weighted by Crippen LogP contribution is -2.46. The molecule has 1 saturated heterocycles. The molecule has 1 amide bonds. The predicted octanol–water partition coefficient (Wildman–Crippen LogP) is 2.99. The van der Waals surface area contributed by atoms with Crippen molar-refractivity contribution < 1.29 is 4.79 Å². The Morgan fingerprint density at radius 1 is 1.33 bits per heavy atom. The monoisotopic (exact) mass is 507 g/mol. The minimum atomic E-state index is 0. The molecule has 0 aliphatic carbocycles. The molecule has 154 valence electrons. The number of nitrogens with one attached hydrogen (secondary N) is 2. The summed E-state index contributed by atoms with van der Waals surface area (Å²) in [6.45, 7) is 9.96. The molecule has 8 heteroatoms. The van der Waals surface area contributed by atoms with Crippen LogP contribution in [0.5, 0.6) is 0 Å². The Morgan fingerprint density at radius 3 is 2.59 bits per heavy atom. The van der Waals surface area contributed by atoms with Crippen LogP contribution in [0, 0.1) is 12.8 Å². The number of aromatic nitrogens is 1. The van der Waals surface area contributed by atoms with Gasteiger partial charge in [-0.1, -0.05) is 6.92 Å².